The zero-order valence-corrected chi connectivity index (χ0v) is 13.1. The number of hydrogen-bond donors (Lipinski definition) is 3. The summed E-state index contributed by atoms with van der Waals surface area (Å²) in [5.74, 6) is 0.500. The van der Waals surface area contributed by atoms with Crippen molar-refractivity contribution in [2.45, 2.75) is 46.5 Å². The van der Waals surface area contributed by atoms with Gasteiger partial charge in [0.25, 0.3) is 0 Å². The van der Waals surface area contributed by atoms with Gasteiger partial charge in [-0.3, -0.25) is 9.59 Å². The van der Waals surface area contributed by atoms with E-state index in [1.165, 1.54) is 12.8 Å². The minimum absolute atomic E-state index is 0.0471. The minimum Gasteiger partial charge on any atom is -0.355 e. The summed E-state index contributed by atoms with van der Waals surface area (Å²) >= 11 is 0. The highest BCUT2D eigenvalue weighted by Crippen LogP contribution is 2.17. The van der Waals surface area contributed by atoms with Gasteiger partial charge < -0.3 is 16.0 Å². The van der Waals surface area contributed by atoms with E-state index >= 15 is 0 Å². The molecule has 1 aliphatic heterocycles. The van der Waals surface area contributed by atoms with E-state index in [9.17, 15) is 9.59 Å². The van der Waals surface area contributed by atoms with Crippen LogP contribution in [-0.4, -0.2) is 38.0 Å². The molecule has 5 heteroatoms. The zero-order chi connectivity index (χ0) is 15.0. The summed E-state index contributed by atoms with van der Waals surface area (Å²) in [5.41, 5.74) is -0.0471. The van der Waals surface area contributed by atoms with E-state index in [1.54, 1.807) is 0 Å². The van der Waals surface area contributed by atoms with Crippen LogP contribution >= 0.6 is 0 Å². The molecule has 0 aromatic rings. The number of nitrogens with one attached hydrogen (secondary N) is 3. The number of piperidine rings is 1. The molecule has 1 atom stereocenters. The molecule has 3 N–H and O–H groups in total. The lowest BCUT2D eigenvalue weighted by Gasteiger charge is -2.22. The van der Waals surface area contributed by atoms with Crippen LogP contribution in [0.5, 0.6) is 0 Å². The van der Waals surface area contributed by atoms with Gasteiger partial charge in [-0.05, 0) is 43.7 Å². The molecule has 1 rings (SSSR count). The van der Waals surface area contributed by atoms with Crippen LogP contribution in [0.25, 0.3) is 0 Å². The molecule has 0 saturated carbocycles. The van der Waals surface area contributed by atoms with Crippen LogP contribution < -0.4 is 16.0 Å². The molecule has 1 fully saturated rings. The predicted octanol–water partition coefficient (Wildman–Crippen LogP) is 1.04. The van der Waals surface area contributed by atoms with Gasteiger partial charge in [-0.25, -0.2) is 0 Å². The van der Waals surface area contributed by atoms with E-state index < -0.39 is 0 Å². The van der Waals surface area contributed by atoms with Crippen molar-refractivity contribution in [1.82, 2.24) is 16.0 Å². The van der Waals surface area contributed by atoms with Crippen molar-refractivity contribution >= 4 is 11.8 Å². The van der Waals surface area contributed by atoms with Crippen LogP contribution in [0, 0.1) is 11.3 Å². The summed E-state index contributed by atoms with van der Waals surface area (Å²) in [6.07, 6.45) is 3.91. The number of carbonyl (C=O) groups excluding carboxylic acids is 2. The molecule has 0 aliphatic carbocycles. The zero-order valence-electron chi connectivity index (χ0n) is 13.1. The molecule has 1 heterocycles. The van der Waals surface area contributed by atoms with Gasteiger partial charge in [-0.2, -0.15) is 0 Å². The molecule has 116 valence electrons. The van der Waals surface area contributed by atoms with Crippen molar-refractivity contribution in [3.63, 3.8) is 0 Å². The second-order valence-electron chi connectivity index (χ2n) is 6.87. The molecule has 0 spiro atoms. The third-order valence-electron chi connectivity index (χ3n) is 3.41. The Morgan fingerprint density at radius 3 is 2.55 bits per heavy atom. The van der Waals surface area contributed by atoms with E-state index in [0.717, 1.165) is 19.5 Å². The second kappa shape index (κ2) is 8.25. The Labute approximate surface area is 122 Å². The topological polar surface area (TPSA) is 70.2 Å². The number of hydrogen-bond acceptors (Lipinski definition) is 3. The summed E-state index contributed by atoms with van der Waals surface area (Å²) in [6, 6.07) is 0. The molecule has 0 radical (unpaired) electrons. The standard InChI is InChI=1S/C15H29N3O2/c1-15(2,3)9-13(19)18-11-14(20)17-8-6-12-5-4-7-16-10-12/h12,16H,4-11H2,1-3H3,(H,17,20)(H,18,19). The summed E-state index contributed by atoms with van der Waals surface area (Å²) < 4.78 is 0. The van der Waals surface area contributed by atoms with Gasteiger partial charge in [0, 0.05) is 13.0 Å². The van der Waals surface area contributed by atoms with Gasteiger partial charge in [0.15, 0.2) is 0 Å². The van der Waals surface area contributed by atoms with Crippen LogP contribution in [0.4, 0.5) is 0 Å². The maximum Gasteiger partial charge on any atom is 0.239 e. The lowest BCUT2D eigenvalue weighted by atomic mass is 9.92. The lowest BCUT2D eigenvalue weighted by Crippen LogP contribution is -2.39. The van der Waals surface area contributed by atoms with E-state index in [0.29, 0.717) is 18.9 Å². The van der Waals surface area contributed by atoms with Gasteiger partial charge in [0.1, 0.15) is 0 Å². The van der Waals surface area contributed by atoms with E-state index in [2.05, 4.69) is 16.0 Å². The molecule has 20 heavy (non-hydrogen) atoms. The van der Waals surface area contributed by atoms with Crippen LogP contribution in [0.1, 0.15) is 46.5 Å². The van der Waals surface area contributed by atoms with Crippen molar-refractivity contribution in [3.8, 4) is 0 Å². The highest BCUT2D eigenvalue weighted by Gasteiger charge is 2.16. The van der Waals surface area contributed by atoms with Crippen LogP contribution in [0.3, 0.4) is 0 Å². The third kappa shape index (κ3) is 8.15. The first-order valence-corrected chi connectivity index (χ1v) is 7.61. The molecule has 1 aliphatic rings. The van der Waals surface area contributed by atoms with Crippen molar-refractivity contribution < 1.29 is 9.59 Å². The number of amides is 2. The third-order valence-corrected chi connectivity index (χ3v) is 3.41. The molecular formula is C15H29N3O2. The fourth-order valence-corrected chi connectivity index (χ4v) is 2.37. The van der Waals surface area contributed by atoms with Crippen LogP contribution in [0.15, 0.2) is 0 Å². The Bertz CT molecular complexity index is 318. The monoisotopic (exact) mass is 283 g/mol. The SMILES string of the molecule is CC(C)(C)CC(=O)NCC(=O)NCCC1CCCNC1. The molecule has 0 aromatic carbocycles. The van der Waals surface area contributed by atoms with Crippen LogP contribution in [-0.2, 0) is 9.59 Å². The average Bonchev–Trinajstić information content (AvgIpc) is 2.36. The van der Waals surface area contributed by atoms with Gasteiger partial charge in [-0.1, -0.05) is 20.8 Å². The van der Waals surface area contributed by atoms with Gasteiger partial charge in [0.05, 0.1) is 6.54 Å². The molecule has 2 amide bonds. The average molecular weight is 283 g/mol. The Hall–Kier alpha value is -1.10. The Morgan fingerprint density at radius 1 is 1.20 bits per heavy atom. The van der Waals surface area contributed by atoms with E-state index in [-0.39, 0.29) is 23.8 Å². The largest absolute Gasteiger partial charge is 0.355 e. The molecule has 1 saturated heterocycles. The maximum absolute atomic E-state index is 11.6. The van der Waals surface area contributed by atoms with Crippen molar-refractivity contribution in [3.05, 3.63) is 0 Å². The summed E-state index contributed by atoms with van der Waals surface area (Å²) in [7, 11) is 0. The first kappa shape index (κ1) is 17.0. The first-order chi connectivity index (χ1) is 9.37. The molecule has 0 aromatic heterocycles. The predicted molar refractivity (Wildman–Crippen MR) is 80.3 cm³/mol. The fraction of sp³-hybridized carbons (Fsp3) is 0.867. The highest BCUT2D eigenvalue weighted by molar-refractivity contribution is 5.84. The fourth-order valence-electron chi connectivity index (χ4n) is 2.37. The molecule has 5 nitrogen and oxygen atoms in total. The summed E-state index contributed by atoms with van der Waals surface area (Å²) in [4.78, 5) is 23.2. The van der Waals surface area contributed by atoms with Gasteiger partial charge in [-0.15, -0.1) is 0 Å². The molecule has 0 bridgehead atoms. The van der Waals surface area contributed by atoms with Crippen molar-refractivity contribution in [2.24, 2.45) is 11.3 Å². The second-order valence-corrected chi connectivity index (χ2v) is 6.87. The van der Waals surface area contributed by atoms with Gasteiger partial charge in [0.2, 0.25) is 11.8 Å². The Morgan fingerprint density at radius 2 is 1.95 bits per heavy atom. The van der Waals surface area contributed by atoms with Crippen molar-refractivity contribution in [2.75, 3.05) is 26.2 Å². The Balaban J connectivity index is 2.06. The summed E-state index contributed by atoms with van der Waals surface area (Å²) in [5, 5.41) is 8.90. The van der Waals surface area contributed by atoms with Crippen molar-refractivity contribution in [1.29, 1.82) is 0 Å². The lowest BCUT2D eigenvalue weighted by molar-refractivity contribution is -0.127. The smallest absolute Gasteiger partial charge is 0.239 e. The normalized spacial score (nSPS) is 19.4. The number of rotatable bonds is 6. The Kier molecular flexibility index (Phi) is 6.99. The van der Waals surface area contributed by atoms with E-state index in [1.807, 2.05) is 20.8 Å². The first-order valence-electron chi connectivity index (χ1n) is 7.61. The van der Waals surface area contributed by atoms with E-state index in [4.69, 9.17) is 0 Å². The summed E-state index contributed by atoms with van der Waals surface area (Å²) in [6.45, 7) is 8.96. The van der Waals surface area contributed by atoms with Gasteiger partial charge >= 0.3 is 0 Å². The molecule has 1 unspecified atom stereocenters. The maximum atomic E-state index is 11.6. The number of carbonyl (C=O) groups is 2. The quantitative estimate of drug-likeness (QED) is 0.682. The molecular weight excluding hydrogens is 254 g/mol. The highest BCUT2D eigenvalue weighted by atomic mass is 16.2. The van der Waals surface area contributed by atoms with Crippen LogP contribution in [0.2, 0.25) is 0 Å². The minimum atomic E-state index is -0.101.